The zero-order chi connectivity index (χ0) is 31.9. The highest BCUT2D eigenvalue weighted by molar-refractivity contribution is 5.80. The second-order valence-electron chi connectivity index (χ2n) is 15.7. The van der Waals surface area contributed by atoms with E-state index in [2.05, 4.69) is 166 Å². The van der Waals surface area contributed by atoms with E-state index in [4.69, 9.17) is 0 Å². The fourth-order valence-corrected chi connectivity index (χ4v) is 10.0. The summed E-state index contributed by atoms with van der Waals surface area (Å²) in [5.74, 6) is 2.06. The first-order chi connectivity index (χ1) is 22.8. The highest BCUT2D eigenvalue weighted by atomic mass is 15.2. The number of benzene rings is 2. The SMILES string of the molecule is CC1(C)c2ccccc2C2=CC=C(N(C3=CC4c5ccccc5C(C)(C)C4C=C3)C3=C(C4C=CC=CC4)C4=CC=CCC4C=C3)CC21. The van der Waals surface area contributed by atoms with Crippen molar-refractivity contribution < 1.29 is 0 Å². The van der Waals surface area contributed by atoms with E-state index in [0.29, 0.717) is 29.6 Å². The summed E-state index contributed by atoms with van der Waals surface area (Å²) in [6.45, 7) is 9.79. The summed E-state index contributed by atoms with van der Waals surface area (Å²) in [6, 6.07) is 18.3. The molecule has 0 saturated carbocycles. The molecule has 0 bridgehead atoms. The minimum absolute atomic E-state index is 0.0716. The number of hydrogen-bond donors (Lipinski definition) is 0. The quantitative estimate of drug-likeness (QED) is 0.332. The minimum Gasteiger partial charge on any atom is -0.314 e. The van der Waals surface area contributed by atoms with Crippen LogP contribution in [0.2, 0.25) is 0 Å². The maximum absolute atomic E-state index is 2.68. The minimum atomic E-state index is 0.0716. The van der Waals surface area contributed by atoms with Crippen LogP contribution in [-0.4, -0.2) is 4.90 Å². The van der Waals surface area contributed by atoms with Crippen molar-refractivity contribution in [1.29, 1.82) is 0 Å². The lowest BCUT2D eigenvalue weighted by atomic mass is 9.72. The first kappa shape index (κ1) is 28.8. The molecule has 2 aromatic carbocycles. The Morgan fingerprint density at radius 2 is 1.47 bits per heavy atom. The maximum Gasteiger partial charge on any atom is 0.0496 e. The average Bonchev–Trinajstić information content (AvgIpc) is 3.48. The Bertz CT molecular complexity index is 1990. The van der Waals surface area contributed by atoms with Crippen molar-refractivity contribution in [2.75, 3.05) is 0 Å². The van der Waals surface area contributed by atoms with Gasteiger partial charge in [-0.3, -0.25) is 0 Å². The average molecular weight is 612 g/mol. The Balaban J connectivity index is 1.24. The normalized spacial score (nSPS) is 30.0. The van der Waals surface area contributed by atoms with E-state index in [1.807, 2.05) is 0 Å². The van der Waals surface area contributed by atoms with Gasteiger partial charge in [-0.1, -0.05) is 143 Å². The second-order valence-corrected chi connectivity index (χ2v) is 15.7. The van der Waals surface area contributed by atoms with Crippen molar-refractivity contribution in [3.63, 3.8) is 0 Å². The molecule has 0 heterocycles. The smallest absolute Gasteiger partial charge is 0.0496 e. The molecule has 5 unspecified atom stereocenters. The topological polar surface area (TPSA) is 3.24 Å². The van der Waals surface area contributed by atoms with Gasteiger partial charge in [-0.25, -0.2) is 0 Å². The highest BCUT2D eigenvalue weighted by Crippen LogP contribution is 2.57. The van der Waals surface area contributed by atoms with Gasteiger partial charge in [0.1, 0.15) is 0 Å². The molecule has 234 valence electrons. The lowest BCUT2D eigenvalue weighted by molar-refractivity contribution is 0.367. The van der Waals surface area contributed by atoms with Crippen molar-refractivity contribution in [3.05, 3.63) is 184 Å². The summed E-state index contributed by atoms with van der Waals surface area (Å²) < 4.78 is 0. The van der Waals surface area contributed by atoms with Crippen molar-refractivity contribution in [2.24, 2.45) is 23.7 Å². The Kier molecular flexibility index (Phi) is 6.49. The third kappa shape index (κ3) is 4.28. The van der Waals surface area contributed by atoms with E-state index in [0.717, 1.165) is 19.3 Å². The zero-order valence-corrected chi connectivity index (χ0v) is 28.2. The van der Waals surface area contributed by atoms with Crippen LogP contribution in [0, 0.1) is 23.7 Å². The van der Waals surface area contributed by atoms with Gasteiger partial charge in [0.2, 0.25) is 0 Å². The highest BCUT2D eigenvalue weighted by Gasteiger charge is 2.47. The van der Waals surface area contributed by atoms with Gasteiger partial charge in [0, 0.05) is 34.8 Å². The summed E-state index contributed by atoms with van der Waals surface area (Å²) in [4.78, 5) is 2.68. The van der Waals surface area contributed by atoms with Gasteiger partial charge in [-0.2, -0.15) is 0 Å². The molecule has 0 N–H and O–H groups in total. The molecule has 9 rings (SSSR count). The third-order valence-electron chi connectivity index (χ3n) is 12.5. The second kappa shape index (κ2) is 10.6. The van der Waals surface area contributed by atoms with Crippen LogP contribution in [0.4, 0.5) is 0 Å². The fraction of sp³-hybridized carbons (Fsp3) is 0.304. The number of rotatable bonds is 4. The predicted octanol–water partition coefficient (Wildman–Crippen LogP) is 11.2. The van der Waals surface area contributed by atoms with E-state index >= 15 is 0 Å². The van der Waals surface area contributed by atoms with E-state index < -0.39 is 0 Å². The van der Waals surface area contributed by atoms with Gasteiger partial charge in [0.25, 0.3) is 0 Å². The number of nitrogens with zero attached hydrogens (tertiary/aromatic N) is 1. The Morgan fingerprint density at radius 3 is 2.32 bits per heavy atom. The van der Waals surface area contributed by atoms with E-state index in [-0.39, 0.29) is 10.8 Å². The molecule has 0 amide bonds. The molecular formula is C46H45N. The molecule has 47 heavy (non-hydrogen) atoms. The van der Waals surface area contributed by atoms with Gasteiger partial charge in [-0.05, 0) is 99.1 Å². The van der Waals surface area contributed by atoms with E-state index in [1.165, 1.54) is 56.1 Å². The molecule has 0 saturated heterocycles. The summed E-state index contributed by atoms with van der Waals surface area (Å²) >= 11 is 0. The van der Waals surface area contributed by atoms with Crippen LogP contribution < -0.4 is 0 Å². The predicted molar refractivity (Wildman–Crippen MR) is 196 cm³/mol. The number of hydrogen-bond acceptors (Lipinski definition) is 1. The molecule has 0 spiro atoms. The molecule has 2 aromatic rings. The fourth-order valence-electron chi connectivity index (χ4n) is 10.0. The maximum atomic E-state index is 2.68. The van der Waals surface area contributed by atoms with Crippen LogP contribution in [-0.2, 0) is 10.8 Å². The summed E-state index contributed by atoms with van der Waals surface area (Å²) in [5, 5.41) is 0. The third-order valence-corrected chi connectivity index (χ3v) is 12.5. The zero-order valence-electron chi connectivity index (χ0n) is 28.2. The molecule has 5 atom stereocenters. The molecular weight excluding hydrogens is 567 g/mol. The molecule has 1 nitrogen and oxygen atoms in total. The first-order valence-corrected chi connectivity index (χ1v) is 17.8. The van der Waals surface area contributed by atoms with Crippen LogP contribution >= 0.6 is 0 Å². The molecule has 1 heteroatoms. The Hall–Kier alpha value is -4.36. The van der Waals surface area contributed by atoms with E-state index in [9.17, 15) is 0 Å². The monoisotopic (exact) mass is 611 g/mol. The van der Waals surface area contributed by atoms with Gasteiger partial charge >= 0.3 is 0 Å². The van der Waals surface area contributed by atoms with Gasteiger partial charge in [0.05, 0.1) is 0 Å². The van der Waals surface area contributed by atoms with Crippen LogP contribution in [0.1, 0.15) is 75.1 Å². The van der Waals surface area contributed by atoms with Crippen molar-refractivity contribution in [3.8, 4) is 0 Å². The molecule has 0 aliphatic heterocycles. The molecule has 0 fully saturated rings. The first-order valence-electron chi connectivity index (χ1n) is 17.8. The van der Waals surface area contributed by atoms with Crippen LogP contribution in [0.3, 0.4) is 0 Å². The largest absolute Gasteiger partial charge is 0.314 e. The van der Waals surface area contributed by atoms with Gasteiger partial charge in [0.15, 0.2) is 0 Å². The summed E-state index contributed by atoms with van der Waals surface area (Å²) in [5.41, 5.74) is 14.6. The van der Waals surface area contributed by atoms with Crippen LogP contribution in [0.15, 0.2) is 162 Å². The Morgan fingerprint density at radius 1 is 0.681 bits per heavy atom. The summed E-state index contributed by atoms with van der Waals surface area (Å²) in [7, 11) is 0. The van der Waals surface area contributed by atoms with Gasteiger partial charge in [-0.15, -0.1) is 0 Å². The van der Waals surface area contributed by atoms with Gasteiger partial charge < -0.3 is 4.90 Å². The number of allylic oxidation sites excluding steroid dienone is 18. The molecule has 0 aromatic heterocycles. The van der Waals surface area contributed by atoms with E-state index in [1.54, 1.807) is 0 Å². The molecule has 7 aliphatic carbocycles. The standard InChI is InChI=1S/C46H45N/c1-45(2)40-21-13-11-19-36(40)38-28-32(24-26-41(38)45)47(33-23-25-37-35-18-10-12-20-39(35)46(3,4)42(37)29-33)43-27-22-30-14-8-9-17-34(30)44(43)31-15-6-5-7-16-31/h5-13,15,17-28,30-31,38,41-42H,14,16,29H2,1-4H3. The van der Waals surface area contributed by atoms with Crippen molar-refractivity contribution in [1.82, 2.24) is 4.90 Å². The summed E-state index contributed by atoms with van der Waals surface area (Å²) in [6.07, 6.45) is 36.9. The van der Waals surface area contributed by atoms with Crippen LogP contribution in [0.5, 0.6) is 0 Å². The lowest BCUT2D eigenvalue weighted by Crippen LogP contribution is -2.33. The van der Waals surface area contributed by atoms with Crippen LogP contribution in [0.25, 0.3) is 5.57 Å². The number of fused-ring (bicyclic) bond motifs is 7. The van der Waals surface area contributed by atoms with Crippen molar-refractivity contribution in [2.45, 2.75) is 63.7 Å². The van der Waals surface area contributed by atoms with Crippen molar-refractivity contribution >= 4 is 5.57 Å². The molecule has 0 radical (unpaired) electrons. The Labute approximate surface area is 281 Å². The lowest BCUT2D eigenvalue weighted by Gasteiger charge is -2.42. The molecule has 7 aliphatic rings.